The minimum absolute atomic E-state index is 0.119. The van der Waals surface area contributed by atoms with Gasteiger partial charge in [0.25, 0.3) is 5.91 Å². The maximum Gasteiger partial charge on any atom is 0.265 e. The van der Waals surface area contributed by atoms with Crippen molar-refractivity contribution >= 4 is 50.9 Å². The number of nitrogens with one attached hydrogen (secondary N) is 1. The largest absolute Gasteiger partial charge is 0.344 e. The van der Waals surface area contributed by atoms with Gasteiger partial charge >= 0.3 is 0 Å². The third kappa shape index (κ3) is 5.15. The topological polar surface area (TPSA) is 106 Å². The molecule has 0 saturated carbocycles. The van der Waals surface area contributed by atoms with Crippen LogP contribution in [0.25, 0.3) is 33.5 Å². The zero-order chi connectivity index (χ0) is 26.8. The van der Waals surface area contributed by atoms with Crippen molar-refractivity contribution in [1.29, 1.82) is 0 Å². The number of aryl methyl sites for hydroxylation is 1. The average Bonchev–Trinajstić information content (AvgIpc) is 3.47. The first-order valence-electron chi connectivity index (χ1n) is 11.8. The molecule has 0 aliphatic heterocycles. The van der Waals surface area contributed by atoms with E-state index in [9.17, 15) is 9.59 Å². The van der Waals surface area contributed by atoms with Gasteiger partial charge in [-0.2, -0.15) is 0 Å². The first kappa shape index (κ1) is 25.6. The molecule has 1 N–H and O–H groups in total. The minimum Gasteiger partial charge on any atom is -0.344 e. The fraction of sp³-hybridized carbons (Fsp3) is 0.185. The average molecular weight is 544 g/mol. The normalized spacial score (nSPS) is 11.1. The van der Waals surface area contributed by atoms with E-state index < -0.39 is 0 Å². The van der Waals surface area contributed by atoms with Gasteiger partial charge in [-0.15, -0.1) is 10.2 Å². The number of thiazole rings is 1. The van der Waals surface area contributed by atoms with E-state index in [2.05, 4.69) is 20.5 Å². The van der Waals surface area contributed by atoms with E-state index in [1.54, 1.807) is 21.0 Å². The molecular weight excluding hydrogens is 518 g/mol. The van der Waals surface area contributed by atoms with Gasteiger partial charge in [-0.25, -0.2) is 9.97 Å². The van der Waals surface area contributed by atoms with Crippen LogP contribution in [0.4, 0.5) is 5.13 Å². The Morgan fingerprint density at radius 1 is 1.03 bits per heavy atom. The van der Waals surface area contributed by atoms with Gasteiger partial charge in [0.15, 0.2) is 16.1 Å². The molecule has 0 unspecified atom stereocenters. The van der Waals surface area contributed by atoms with Crippen molar-refractivity contribution < 1.29 is 9.59 Å². The number of anilines is 1. The van der Waals surface area contributed by atoms with Crippen molar-refractivity contribution in [2.75, 3.05) is 25.2 Å². The van der Waals surface area contributed by atoms with E-state index in [-0.39, 0.29) is 17.6 Å². The summed E-state index contributed by atoms with van der Waals surface area (Å²) >= 11 is 2.45. The molecule has 0 saturated heterocycles. The van der Waals surface area contributed by atoms with Crippen LogP contribution in [0, 0.1) is 6.92 Å². The van der Waals surface area contributed by atoms with Crippen LogP contribution in [0.1, 0.15) is 15.4 Å². The van der Waals surface area contributed by atoms with E-state index in [4.69, 9.17) is 4.98 Å². The van der Waals surface area contributed by atoms with Crippen molar-refractivity contribution in [3.8, 4) is 22.6 Å². The number of benzene rings is 2. The summed E-state index contributed by atoms with van der Waals surface area (Å²) in [4.78, 5) is 36.1. The highest BCUT2D eigenvalue weighted by Gasteiger charge is 2.20. The smallest absolute Gasteiger partial charge is 0.265 e. The lowest BCUT2D eigenvalue weighted by Gasteiger charge is -2.10. The van der Waals surface area contributed by atoms with Crippen LogP contribution in [0.2, 0.25) is 0 Å². The summed E-state index contributed by atoms with van der Waals surface area (Å²) < 4.78 is 1.88. The van der Waals surface area contributed by atoms with Gasteiger partial charge in [-0.1, -0.05) is 71.6 Å². The number of para-hydroxylation sites is 1. The zero-order valence-corrected chi connectivity index (χ0v) is 22.9. The highest BCUT2D eigenvalue weighted by Crippen LogP contribution is 2.32. The third-order valence-electron chi connectivity index (χ3n) is 5.84. The van der Waals surface area contributed by atoms with Crippen LogP contribution in [0.15, 0.2) is 65.8 Å². The molecule has 0 atom stereocenters. The fourth-order valence-corrected chi connectivity index (χ4v) is 5.64. The van der Waals surface area contributed by atoms with Crippen LogP contribution < -0.4 is 5.32 Å². The molecule has 2 aromatic carbocycles. The molecule has 0 aliphatic carbocycles. The Kier molecular flexibility index (Phi) is 7.21. The Morgan fingerprint density at radius 2 is 1.76 bits per heavy atom. The van der Waals surface area contributed by atoms with E-state index in [0.29, 0.717) is 26.7 Å². The summed E-state index contributed by atoms with van der Waals surface area (Å²) in [5.74, 6) is 0.429. The van der Waals surface area contributed by atoms with Crippen LogP contribution in [-0.4, -0.2) is 61.3 Å². The number of amides is 2. The molecule has 0 spiro atoms. The number of carbonyl (C=O) groups is 2. The summed E-state index contributed by atoms with van der Waals surface area (Å²) in [6, 6.07) is 20.0. The van der Waals surface area contributed by atoms with Gasteiger partial charge < -0.3 is 14.8 Å². The van der Waals surface area contributed by atoms with Crippen LogP contribution in [0.3, 0.4) is 0 Å². The van der Waals surface area contributed by atoms with Crippen LogP contribution >= 0.6 is 23.1 Å². The first-order valence-corrected chi connectivity index (χ1v) is 13.6. The molecule has 0 bridgehead atoms. The Hall–Kier alpha value is -4.09. The predicted molar refractivity (Wildman–Crippen MR) is 151 cm³/mol. The number of rotatable bonds is 7. The first-order chi connectivity index (χ1) is 18.3. The Balaban J connectivity index is 1.36. The Labute approximate surface area is 228 Å². The number of pyridine rings is 1. The lowest BCUT2D eigenvalue weighted by Crippen LogP contribution is -2.21. The maximum absolute atomic E-state index is 12.6. The molecule has 5 aromatic rings. The Morgan fingerprint density at radius 3 is 2.53 bits per heavy atom. The monoisotopic (exact) mass is 543 g/mol. The molecule has 5 rings (SSSR count). The van der Waals surface area contributed by atoms with Crippen molar-refractivity contribution in [3.05, 3.63) is 71.2 Å². The van der Waals surface area contributed by atoms with Gasteiger partial charge in [-0.3, -0.25) is 9.59 Å². The second-order valence-corrected chi connectivity index (χ2v) is 10.7. The lowest BCUT2D eigenvalue weighted by molar-refractivity contribution is -0.113. The molecule has 38 heavy (non-hydrogen) atoms. The SMILES string of the molecule is Cc1nc(NC(=O)CSc2nnc(-c3cc(-c4ccccc4)nc4ccccc34)n2C)sc1C(=O)N(C)C. The number of nitrogens with zero attached hydrogens (tertiary/aromatic N) is 6. The van der Waals surface area contributed by atoms with E-state index >= 15 is 0 Å². The summed E-state index contributed by atoms with van der Waals surface area (Å²) in [6.45, 7) is 1.75. The predicted octanol–water partition coefficient (Wildman–Crippen LogP) is 4.89. The summed E-state index contributed by atoms with van der Waals surface area (Å²) in [5.41, 5.74) is 4.24. The van der Waals surface area contributed by atoms with E-state index in [1.807, 2.05) is 72.3 Å². The minimum atomic E-state index is -0.238. The van der Waals surface area contributed by atoms with Gasteiger partial charge in [0.05, 0.1) is 22.7 Å². The van der Waals surface area contributed by atoms with Crippen molar-refractivity contribution in [1.82, 2.24) is 29.6 Å². The molecule has 11 heteroatoms. The number of hydrogen-bond donors (Lipinski definition) is 1. The van der Waals surface area contributed by atoms with Crippen molar-refractivity contribution in [2.45, 2.75) is 12.1 Å². The van der Waals surface area contributed by atoms with Gasteiger partial charge in [-0.05, 0) is 19.1 Å². The third-order valence-corrected chi connectivity index (χ3v) is 7.92. The lowest BCUT2D eigenvalue weighted by atomic mass is 10.0. The highest BCUT2D eigenvalue weighted by atomic mass is 32.2. The second kappa shape index (κ2) is 10.7. The van der Waals surface area contributed by atoms with Crippen molar-refractivity contribution in [2.24, 2.45) is 7.05 Å². The number of aromatic nitrogens is 5. The standard InChI is InChI=1S/C27H25N7O2S2/c1-16-23(25(36)33(2)3)38-26(28-16)30-22(35)15-37-27-32-31-24(34(27)4)19-14-21(17-10-6-5-7-11-17)29-20-13-9-8-12-18(19)20/h5-14H,15H2,1-4H3,(H,28,30,35). The van der Waals surface area contributed by atoms with Gasteiger partial charge in [0.2, 0.25) is 5.91 Å². The fourth-order valence-electron chi connectivity index (χ4n) is 3.93. The molecule has 2 amide bonds. The van der Waals surface area contributed by atoms with Gasteiger partial charge in [0, 0.05) is 37.7 Å². The van der Waals surface area contributed by atoms with Crippen molar-refractivity contribution in [3.63, 3.8) is 0 Å². The molecular formula is C27H25N7O2S2. The molecule has 0 radical (unpaired) electrons. The summed E-state index contributed by atoms with van der Waals surface area (Å²) in [6.07, 6.45) is 0. The molecule has 0 aliphatic rings. The maximum atomic E-state index is 12.6. The van der Waals surface area contributed by atoms with Crippen LogP contribution in [-0.2, 0) is 11.8 Å². The molecule has 3 aromatic heterocycles. The number of fused-ring (bicyclic) bond motifs is 1. The zero-order valence-electron chi connectivity index (χ0n) is 21.3. The second-order valence-electron chi connectivity index (χ2n) is 8.77. The Bertz CT molecular complexity index is 1640. The quantitative estimate of drug-likeness (QED) is 0.291. The molecule has 9 nitrogen and oxygen atoms in total. The van der Waals surface area contributed by atoms with Gasteiger partial charge in [0.1, 0.15) is 4.88 Å². The number of hydrogen-bond acceptors (Lipinski definition) is 8. The molecule has 0 fully saturated rings. The van der Waals surface area contributed by atoms with Crippen LogP contribution in [0.5, 0.6) is 0 Å². The van der Waals surface area contributed by atoms with E-state index in [1.165, 1.54) is 28.0 Å². The number of carbonyl (C=O) groups excluding carboxylic acids is 2. The summed E-state index contributed by atoms with van der Waals surface area (Å²) in [5, 5.41) is 13.6. The highest BCUT2D eigenvalue weighted by molar-refractivity contribution is 7.99. The molecule has 192 valence electrons. The number of thioether (sulfide) groups is 1. The molecule has 3 heterocycles. The van der Waals surface area contributed by atoms with E-state index in [0.717, 1.165) is 27.7 Å². The summed E-state index contributed by atoms with van der Waals surface area (Å²) in [7, 11) is 5.25.